The van der Waals surface area contributed by atoms with Crippen LogP contribution in [0.3, 0.4) is 0 Å². The van der Waals surface area contributed by atoms with Crippen LogP contribution in [0, 0.1) is 0 Å². The zero-order valence-electron chi connectivity index (χ0n) is 8.64. The summed E-state index contributed by atoms with van der Waals surface area (Å²) >= 11 is 5.92. The van der Waals surface area contributed by atoms with Gasteiger partial charge in [0.25, 0.3) is 0 Å². The third-order valence-electron chi connectivity index (χ3n) is 2.00. The lowest BCUT2D eigenvalue weighted by atomic mass is 10.1. The van der Waals surface area contributed by atoms with Crippen LogP contribution in [0.2, 0.25) is 5.02 Å². The summed E-state index contributed by atoms with van der Waals surface area (Å²) in [6.07, 6.45) is 0. The minimum Gasteiger partial charge on any atom is -0.377 e. The van der Waals surface area contributed by atoms with Crippen molar-refractivity contribution in [3.05, 3.63) is 34.3 Å². The first kappa shape index (κ1) is 11.5. The molecule has 0 aliphatic rings. The van der Waals surface area contributed by atoms with Crippen LogP contribution >= 0.6 is 11.6 Å². The van der Waals surface area contributed by atoms with Gasteiger partial charge in [-0.25, -0.2) is 0 Å². The molecule has 0 aliphatic carbocycles. The normalized spacial score (nSPS) is 10.5. The van der Waals surface area contributed by atoms with Crippen LogP contribution in [0.4, 0.5) is 0 Å². The molecule has 1 aromatic carbocycles. The fraction of sp³-hybridized carbons (Fsp3) is 0.455. The lowest BCUT2D eigenvalue weighted by Crippen LogP contribution is -2.08. The summed E-state index contributed by atoms with van der Waals surface area (Å²) < 4.78 is 5.38. The van der Waals surface area contributed by atoms with Crippen molar-refractivity contribution < 1.29 is 4.74 Å². The highest BCUT2D eigenvalue weighted by Crippen LogP contribution is 2.16. The lowest BCUT2D eigenvalue weighted by molar-refractivity contribution is 0.133. The van der Waals surface area contributed by atoms with Crippen molar-refractivity contribution in [3.8, 4) is 0 Å². The van der Waals surface area contributed by atoms with Crippen molar-refractivity contribution >= 4 is 11.6 Å². The van der Waals surface area contributed by atoms with E-state index in [1.54, 1.807) is 0 Å². The molecule has 0 atom stereocenters. The highest BCUT2D eigenvalue weighted by Gasteiger charge is 2.02. The number of nitrogens with one attached hydrogen (secondary N) is 1. The molecule has 0 saturated heterocycles. The molecule has 1 aromatic rings. The monoisotopic (exact) mass is 213 g/mol. The first-order valence-corrected chi connectivity index (χ1v) is 5.15. The molecule has 2 nitrogen and oxygen atoms in total. The summed E-state index contributed by atoms with van der Waals surface area (Å²) in [5.74, 6) is 0. The number of halogens is 1. The van der Waals surface area contributed by atoms with Crippen LogP contribution in [0.1, 0.15) is 18.1 Å². The van der Waals surface area contributed by atoms with Gasteiger partial charge < -0.3 is 10.1 Å². The van der Waals surface area contributed by atoms with Gasteiger partial charge in [0.15, 0.2) is 0 Å². The third-order valence-corrected chi connectivity index (χ3v) is 2.23. The first-order chi connectivity index (χ1) is 6.77. The Bertz CT molecular complexity index is 289. The van der Waals surface area contributed by atoms with Gasteiger partial charge in [0.2, 0.25) is 0 Å². The van der Waals surface area contributed by atoms with Gasteiger partial charge >= 0.3 is 0 Å². The number of benzene rings is 1. The molecule has 0 unspecified atom stereocenters. The number of rotatable bonds is 5. The second kappa shape index (κ2) is 6.02. The quantitative estimate of drug-likeness (QED) is 0.812. The fourth-order valence-corrected chi connectivity index (χ4v) is 1.50. The Hall–Kier alpha value is -0.570. The van der Waals surface area contributed by atoms with Gasteiger partial charge in [-0.2, -0.15) is 0 Å². The van der Waals surface area contributed by atoms with Gasteiger partial charge in [-0.3, -0.25) is 0 Å². The second-order valence-corrected chi connectivity index (χ2v) is 3.52. The topological polar surface area (TPSA) is 21.3 Å². The standard InChI is InChI=1S/C11H16ClNO/c1-3-14-8-9-4-5-11(12)6-10(9)7-13-2/h4-6,13H,3,7-8H2,1-2H3. The van der Waals surface area contributed by atoms with Gasteiger partial charge in [0.05, 0.1) is 6.61 Å². The largest absolute Gasteiger partial charge is 0.377 e. The molecule has 14 heavy (non-hydrogen) atoms. The van der Waals surface area contributed by atoms with E-state index in [0.717, 1.165) is 18.2 Å². The van der Waals surface area contributed by atoms with E-state index in [2.05, 4.69) is 5.32 Å². The maximum absolute atomic E-state index is 5.92. The molecule has 0 radical (unpaired) electrons. The second-order valence-electron chi connectivity index (χ2n) is 3.08. The zero-order valence-corrected chi connectivity index (χ0v) is 9.40. The zero-order chi connectivity index (χ0) is 10.4. The first-order valence-electron chi connectivity index (χ1n) is 4.77. The summed E-state index contributed by atoms with van der Waals surface area (Å²) in [6.45, 7) is 4.21. The van der Waals surface area contributed by atoms with E-state index in [-0.39, 0.29) is 0 Å². The number of hydrogen-bond donors (Lipinski definition) is 1. The molecular weight excluding hydrogens is 198 g/mol. The molecule has 0 amide bonds. The number of ether oxygens (including phenoxy) is 1. The van der Waals surface area contributed by atoms with Crippen molar-refractivity contribution in [1.82, 2.24) is 5.32 Å². The Balaban J connectivity index is 2.78. The van der Waals surface area contributed by atoms with Crippen molar-refractivity contribution in [2.24, 2.45) is 0 Å². The van der Waals surface area contributed by atoms with Crippen LogP contribution in [0.15, 0.2) is 18.2 Å². The molecule has 0 bridgehead atoms. The van der Waals surface area contributed by atoms with Gasteiger partial charge in [-0.15, -0.1) is 0 Å². The average Bonchev–Trinajstić information content (AvgIpc) is 2.17. The highest BCUT2D eigenvalue weighted by molar-refractivity contribution is 6.30. The predicted molar refractivity (Wildman–Crippen MR) is 59.5 cm³/mol. The highest BCUT2D eigenvalue weighted by atomic mass is 35.5. The molecule has 78 valence electrons. The Morgan fingerprint density at radius 3 is 2.79 bits per heavy atom. The predicted octanol–water partition coefficient (Wildman–Crippen LogP) is 2.60. The summed E-state index contributed by atoms with van der Waals surface area (Å²) in [5.41, 5.74) is 2.40. The Morgan fingerprint density at radius 1 is 1.36 bits per heavy atom. The molecule has 1 rings (SSSR count). The molecule has 1 N–H and O–H groups in total. The molecule has 0 saturated carbocycles. The molecular formula is C11H16ClNO. The van der Waals surface area contributed by atoms with E-state index >= 15 is 0 Å². The third kappa shape index (κ3) is 3.29. The Labute approximate surface area is 90.2 Å². The van der Waals surface area contributed by atoms with Crippen LogP contribution in [-0.2, 0) is 17.9 Å². The average molecular weight is 214 g/mol. The van der Waals surface area contributed by atoms with E-state index in [1.807, 2.05) is 32.2 Å². The Kier molecular flexibility index (Phi) is 4.94. The fourth-order valence-electron chi connectivity index (χ4n) is 1.30. The summed E-state index contributed by atoms with van der Waals surface area (Å²) in [4.78, 5) is 0. The van der Waals surface area contributed by atoms with E-state index in [0.29, 0.717) is 6.61 Å². The Morgan fingerprint density at radius 2 is 2.14 bits per heavy atom. The van der Waals surface area contributed by atoms with Gasteiger partial charge in [-0.05, 0) is 37.2 Å². The van der Waals surface area contributed by atoms with E-state index in [4.69, 9.17) is 16.3 Å². The maximum Gasteiger partial charge on any atom is 0.0719 e. The van der Waals surface area contributed by atoms with E-state index < -0.39 is 0 Å². The molecule has 0 heterocycles. The molecule has 0 aromatic heterocycles. The lowest BCUT2D eigenvalue weighted by Gasteiger charge is -2.09. The molecule has 3 heteroatoms. The van der Waals surface area contributed by atoms with Gasteiger partial charge in [0, 0.05) is 18.2 Å². The molecule has 0 fully saturated rings. The van der Waals surface area contributed by atoms with Crippen LogP contribution < -0.4 is 5.32 Å². The summed E-state index contributed by atoms with van der Waals surface area (Å²) in [7, 11) is 1.92. The van der Waals surface area contributed by atoms with Crippen molar-refractivity contribution in [2.75, 3.05) is 13.7 Å². The summed E-state index contributed by atoms with van der Waals surface area (Å²) in [5, 5.41) is 3.89. The SMILES string of the molecule is CCOCc1ccc(Cl)cc1CNC. The minimum absolute atomic E-state index is 0.657. The van der Waals surface area contributed by atoms with Crippen LogP contribution in [0.5, 0.6) is 0 Å². The maximum atomic E-state index is 5.92. The molecule has 0 spiro atoms. The minimum atomic E-state index is 0.657. The van der Waals surface area contributed by atoms with Crippen LogP contribution in [-0.4, -0.2) is 13.7 Å². The smallest absolute Gasteiger partial charge is 0.0719 e. The van der Waals surface area contributed by atoms with Gasteiger partial charge in [0.1, 0.15) is 0 Å². The van der Waals surface area contributed by atoms with Crippen LogP contribution in [0.25, 0.3) is 0 Å². The van der Waals surface area contributed by atoms with E-state index in [1.165, 1.54) is 11.1 Å². The number of hydrogen-bond acceptors (Lipinski definition) is 2. The summed E-state index contributed by atoms with van der Waals surface area (Å²) in [6, 6.07) is 5.89. The van der Waals surface area contributed by atoms with Crippen molar-refractivity contribution in [2.45, 2.75) is 20.1 Å². The van der Waals surface area contributed by atoms with Gasteiger partial charge in [-0.1, -0.05) is 17.7 Å². The van der Waals surface area contributed by atoms with E-state index in [9.17, 15) is 0 Å². The van der Waals surface area contributed by atoms with Crippen molar-refractivity contribution in [3.63, 3.8) is 0 Å². The molecule has 0 aliphatic heterocycles. The van der Waals surface area contributed by atoms with Crippen molar-refractivity contribution in [1.29, 1.82) is 0 Å².